The molecule has 4 aromatic rings. The van der Waals surface area contributed by atoms with E-state index < -0.39 is 16.6 Å². The zero-order valence-electron chi connectivity index (χ0n) is 31.6. The third kappa shape index (κ3) is 8.95. The summed E-state index contributed by atoms with van der Waals surface area (Å²) in [6, 6.07) is 42.9. The van der Waals surface area contributed by atoms with Crippen LogP contribution in [0.1, 0.15) is 87.5 Å². The van der Waals surface area contributed by atoms with E-state index in [-0.39, 0.29) is 22.1 Å². The lowest BCUT2D eigenvalue weighted by Crippen LogP contribution is -2.67. The van der Waals surface area contributed by atoms with Gasteiger partial charge in [-0.25, -0.2) is 4.79 Å². The minimum absolute atomic E-state index is 0.0810. The van der Waals surface area contributed by atoms with E-state index in [1.165, 1.54) is 20.7 Å². The van der Waals surface area contributed by atoms with Crippen molar-refractivity contribution in [3.63, 3.8) is 0 Å². The summed E-state index contributed by atoms with van der Waals surface area (Å²) in [4.78, 5) is 13.0. The van der Waals surface area contributed by atoms with Gasteiger partial charge in [0.2, 0.25) is 0 Å². The highest BCUT2D eigenvalue weighted by Crippen LogP contribution is 2.40. The van der Waals surface area contributed by atoms with E-state index in [1.807, 2.05) is 19.1 Å². The van der Waals surface area contributed by atoms with Gasteiger partial charge in [-0.3, -0.25) is 0 Å². The molecular formula is C44H58O4Si2. The topological polar surface area (TPSA) is 44.8 Å². The average Bonchev–Trinajstić information content (AvgIpc) is 3.10. The average molecular weight is 707 g/mol. The molecule has 0 N–H and O–H groups in total. The van der Waals surface area contributed by atoms with Gasteiger partial charge in [-0.15, -0.1) is 0 Å². The highest BCUT2D eigenvalue weighted by atomic mass is 28.4. The van der Waals surface area contributed by atoms with Gasteiger partial charge in [0.05, 0.1) is 18.4 Å². The molecule has 4 nitrogen and oxygen atoms in total. The number of esters is 1. The number of rotatable bonds is 16. The van der Waals surface area contributed by atoms with Gasteiger partial charge in [-0.2, -0.15) is 0 Å². The molecule has 6 heteroatoms. The second-order valence-corrected chi connectivity index (χ2v) is 23.7. The number of hydrogen-bond acceptors (Lipinski definition) is 4. The van der Waals surface area contributed by atoms with E-state index >= 15 is 0 Å². The molecule has 0 heterocycles. The lowest BCUT2D eigenvalue weighted by molar-refractivity contribution is -0.137. The minimum atomic E-state index is -2.91. The van der Waals surface area contributed by atoms with Crippen LogP contribution in [0.15, 0.2) is 133 Å². The van der Waals surface area contributed by atoms with Crippen molar-refractivity contribution in [1.82, 2.24) is 0 Å². The molecule has 0 bridgehead atoms. The lowest BCUT2D eigenvalue weighted by atomic mass is 10.1. The van der Waals surface area contributed by atoms with E-state index in [1.54, 1.807) is 6.08 Å². The van der Waals surface area contributed by atoms with Gasteiger partial charge >= 0.3 is 14.3 Å². The molecule has 0 aromatic heterocycles. The molecule has 0 saturated heterocycles. The van der Waals surface area contributed by atoms with Crippen LogP contribution in [0.25, 0.3) is 0 Å². The van der Waals surface area contributed by atoms with Crippen molar-refractivity contribution in [3.8, 4) is 0 Å². The summed E-state index contributed by atoms with van der Waals surface area (Å²) >= 11 is 0. The Morgan fingerprint density at radius 1 is 0.620 bits per heavy atom. The molecule has 50 heavy (non-hydrogen) atoms. The Balaban J connectivity index is 1.63. The van der Waals surface area contributed by atoms with Crippen LogP contribution >= 0.6 is 0 Å². The summed E-state index contributed by atoms with van der Waals surface area (Å²) in [6.07, 6.45) is 5.99. The molecule has 1 atom stereocenters. The number of hydrogen-bond donors (Lipinski definition) is 0. The molecule has 0 spiro atoms. The van der Waals surface area contributed by atoms with E-state index in [0.717, 1.165) is 25.7 Å². The van der Waals surface area contributed by atoms with E-state index in [2.05, 4.69) is 158 Å². The van der Waals surface area contributed by atoms with Crippen molar-refractivity contribution < 1.29 is 18.4 Å². The third-order valence-corrected chi connectivity index (χ3v) is 19.7. The number of ether oxygens (including phenoxy) is 1. The Hall–Kier alpha value is -3.72. The van der Waals surface area contributed by atoms with Crippen LogP contribution in [0, 0.1) is 0 Å². The van der Waals surface area contributed by atoms with Crippen molar-refractivity contribution in [2.24, 2.45) is 0 Å². The third-order valence-electron chi connectivity index (χ3n) is 9.68. The molecule has 0 fully saturated rings. The second kappa shape index (κ2) is 17.5. The van der Waals surface area contributed by atoms with Crippen molar-refractivity contribution in [1.29, 1.82) is 0 Å². The summed E-state index contributed by atoms with van der Waals surface area (Å²) in [5.74, 6) is 0.334. The quantitative estimate of drug-likeness (QED) is 0.0384. The molecule has 4 rings (SSSR count). The predicted molar refractivity (Wildman–Crippen MR) is 215 cm³/mol. The van der Waals surface area contributed by atoms with Crippen LogP contribution in [-0.4, -0.2) is 35.3 Å². The van der Waals surface area contributed by atoms with Crippen LogP contribution < -0.4 is 20.7 Å². The van der Waals surface area contributed by atoms with Gasteiger partial charge in [-0.1, -0.05) is 176 Å². The summed E-state index contributed by atoms with van der Waals surface area (Å²) in [7, 11) is -5.58. The molecule has 0 aliphatic carbocycles. The number of carbonyl (C=O) groups excluding carboxylic acids is 1. The zero-order valence-corrected chi connectivity index (χ0v) is 33.6. The first-order chi connectivity index (χ1) is 23.9. The van der Waals surface area contributed by atoms with Gasteiger partial charge in [0, 0.05) is 12.5 Å². The molecule has 0 aliphatic heterocycles. The Labute approximate surface area is 304 Å². The Bertz CT molecular complexity index is 1550. The van der Waals surface area contributed by atoms with Gasteiger partial charge in [0.1, 0.15) is 0 Å². The van der Waals surface area contributed by atoms with Gasteiger partial charge < -0.3 is 13.6 Å². The smallest absolute Gasteiger partial charge is 0.334 e. The molecule has 1 unspecified atom stereocenters. The molecular weight excluding hydrogens is 649 g/mol. The maximum Gasteiger partial charge on any atom is 0.334 e. The fourth-order valence-corrected chi connectivity index (χ4v) is 16.6. The van der Waals surface area contributed by atoms with Crippen molar-refractivity contribution in [2.45, 2.75) is 104 Å². The van der Waals surface area contributed by atoms with E-state index in [9.17, 15) is 4.79 Å². The summed E-state index contributed by atoms with van der Waals surface area (Å²) in [5, 5.41) is 4.66. The summed E-state index contributed by atoms with van der Waals surface area (Å²) < 4.78 is 20.3. The van der Waals surface area contributed by atoms with Crippen LogP contribution in [0.4, 0.5) is 0 Å². The zero-order chi connectivity index (χ0) is 36.3. The monoisotopic (exact) mass is 706 g/mol. The number of carbonyl (C=O) groups is 1. The summed E-state index contributed by atoms with van der Waals surface area (Å²) in [5.41, 5.74) is 0. The molecule has 0 aliphatic rings. The van der Waals surface area contributed by atoms with E-state index in [4.69, 9.17) is 13.6 Å². The Morgan fingerprint density at radius 3 is 1.38 bits per heavy atom. The van der Waals surface area contributed by atoms with Crippen LogP contribution in [0.3, 0.4) is 0 Å². The summed E-state index contributed by atoms with van der Waals surface area (Å²) in [6.45, 7) is 18.2. The minimum Gasteiger partial charge on any atom is -0.537 e. The predicted octanol–water partition coefficient (Wildman–Crippen LogP) is 8.93. The number of allylic oxidation sites excluding steroid dienone is 1. The van der Waals surface area contributed by atoms with Crippen LogP contribution in [0.5, 0.6) is 0 Å². The Kier molecular flexibility index (Phi) is 13.7. The standard InChI is InChI=1S/C44H58O4Si2/c1-9-36(47-49(43(3,4)5,38-27-15-11-16-28-38)39-29-17-12-18-30-39)25-23-24-26-37(35-42(45)46-10-2)48-50(44(6,7)8,40-31-19-13-20-32-40)41-33-21-14-22-34-41/h11-22,27-36H,9-10,23-26H2,1-8H3/b37-35-. The normalized spacial score (nSPS) is 13.5. The number of benzene rings is 4. The second-order valence-electron chi connectivity index (χ2n) is 15.2. The first-order valence-corrected chi connectivity index (χ1v) is 22.2. The van der Waals surface area contributed by atoms with Gasteiger partial charge in [0.25, 0.3) is 8.32 Å². The number of unbranched alkanes of at least 4 members (excludes halogenated alkanes) is 1. The Morgan fingerprint density at radius 2 is 1.02 bits per heavy atom. The molecule has 4 aromatic carbocycles. The van der Waals surface area contributed by atoms with Crippen LogP contribution in [0.2, 0.25) is 10.1 Å². The largest absolute Gasteiger partial charge is 0.537 e. The molecule has 0 amide bonds. The van der Waals surface area contributed by atoms with E-state index in [0.29, 0.717) is 18.8 Å². The van der Waals surface area contributed by atoms with Crippen molar-refractivity contribution in [2.75, 3.05) is 6.61 Å². The highest BCUT2D eigenvalue weighted by molar-refractivity contribution is 7.00. The fraction of sp³-hybridized carbons (Fsp3) is 0.386. The lowest BCUT2D eigenvalue weighted by Gasteiger charge is -2.45. The maximum atomic E-state index is 13.0. The maximum absolute atomic E-state index is 13.0. The SMILES string of the molecule is CCOC(=O)/C=C(/CCCCC(CC)O[Si](c1ccccc1)(c1ccccc1)C(C)(C)C)O[Si](c1ccccc1)(c1ccccc1)C(C)(C)C. The van der Waals surface area contributed by atoms with Crippen LogP contribution in [-0.2, 0) is 18.4 Å². The first-order valence-electron chi connectivity index (χ1n) is 18.3. The highest BCUT2D eigenvalue weighted by Gasteiger charge is 2.53. The molecule has 0 saturated carbocycles. The van der Waals surface area contributed by atoms with Gasteiger partial charge in [-0.05, 0) is 57.0 Å². The fourth-order valence-electron chi connectivity index (χ4n) is 7.27. The molecule has 266 valence electrons. The van der Waals surface area contributed by atoms with Gasteiger partial charge in [0.15, 0.2) is 0 Å². The van der Waals surface area contributed by atoms with Crippen molar-refractivity contribution >= 4 is 43.4 Å². The molecule has 0 radical (unpaired) electrons. The first kappa shape index (κ1) is 39.1. The van der Waals surface area contributed by atoms with Crippen molar-refractivity contribution in [3.05, 3.63) is 133 Å².